The van der Waals surface area contributed by atoms with Crippen molar-refractivity contribution in [2.75, 3.05) is 5.32 Å². The van der Waals surface area contributed by atoms with E-state index in [-0.39, 0.29) is 10.8 Å². The van der Waals surface area contributed by atoms with Crippen molar-refractivity contribution < 1.29 is 9.18 Å². The van der Waals surface area contributed by atoms with Crippen molar-refractivity contribution >= 4 is 46.8 Å². The SMILES string of the molecule is O=C(Nc1cccc(I)c1)c1ccc(F)c(S)c1. The van der Waals surface area contributed by atoms with E-state index in [1.807, 2.05) is 18.2 Å². The standard InChI is InChI=1S/C13H9FINOS/c14-11-5-4-8(6-12(11)18)13(17)16-10-3-1-2-9(15)7-10/h1-7,18H,(H,16,17). The number of halogens is 2. The number of thiol groups is 1. The number of hydrogen-bond acceptors (Lipinski definition) is 2. The predicted molar refractivity (Wildman–Crippen MR) is 80.8 cm³/mol. The van der Waals surface area contributed by atoms with Crippen LogP contribution >= 0.6 is 35.2 Å². The maximum atomic E-state index is 13.0. The van der Waals surface area contributed by atoms with Crippen LogP contribution in [0.1, 0.15) is 10.4 Å². The molecule has 0 aromatic heterocycles. The Morgan fingerprint density at radius 2 is 2.00 bits per heavy atom. The van der Waals surface area contributed by atoms with Crippen LogP contribution in [0.5, 0.6) is 0 Å². The highest BCUT2D eigenvalue weighted by Gasteiger charge is 2.08. The summed E-state index contributed by atoms with van der Waals surface area (Å²) in [5, 5.41) is 2.75. The molecular formula is C13H9FINOS. The van der Waals surface area contributed by atoms with E-state index in [9.17, 15) is 9.18 Å². The molecule has 0 aliphatic rings. The van der Waals surface area contributed by atoms with E-state index in [1.165, 1.54) is 18.2 Å². The Hall–Kier alpha value is -1.08. The highest BCUT2D eigenvalue weighted by molar-refractivity contribution is 14.1. The van der Waals surface area contributed by atoms with Crippen LogP contribution in [0, 0.1) is 9.39 Å². The minimum atomic E-state index is -0.441. The van der Waals surface area contributed by atoms with Crippen LogP contribution in [0.25, 0.3) is 0 Å². The van der Waals surface area contributed by atoms with Gasteiger partial charge in [0.05, 0.1) is 0 Å². The molecule has 2 aromatic rings. The number of carbonyl (C=O) groups is 1. The molecule has 2 aromatic carbocycles. The smallest absolute Gasteiger partial charge is 0.255 e. The zero-order valence-corrected chi connectivity index (χ0v) is 12.2. The van der Waals surface area contributed by atoms with E-state index in [4.69, 9.17) is 0 Å². The van der Waals surface area contributed by atoms with Gasteiger partial charge < -0.3 is 5.32 Å². The maximum absolute atomic E-state index is 13.0. The molecule has 0 saturated heterocycles. The van der Waals surface area contributed by atoms with Gasteiger partial charge in [0.15, 0.2) is 0 Å². The summed E-state index contributed by atoms with van der Waals surface area (Å²) in [6.07, 6.45) is 0. The van der Waals surface area contributed by atoms with E-state index in [0.29, 0.717) is 11.3 Å². The third-order valence-electron chi connectivity index (χ3n) is 2.29. The second-order valence-corrected chi connectivity index (χ2v) is 5.36. The number of amides is 1. The van der Waals surface area contributed by atoms with E-state index in [2.05, 4.69) is 40.5 Å². The lowest BCUT2D eigenvalue weighted by atomic mass is 10.2. The van der Waals surface area contributed by atoms with E-state index >= 15 is 0 Å². The average molecular weight is 373 g/mol. The van der Waals surface area contributed by atoms with Gasteiger partial charge in [0.25, 0.3) is 5.91 Å². The van der Waals surface area contributed by atoms with Gasteiger partial charge in [-0.3, -0.25) is 4.79 Å². The van der Waals surface area contributed by atoms with Crippen LogP contribution in [0.3, 0.4) is 0 Å². The molecule has 0 aliphatic carbocycles. The summed E-state index contributed by atoms with van der Waals surface area (Å²) >= 11 is 6.11. The van der Waals surface area contributed by atoms with Gasteiger partial charge in [-0.1, -0.05) is 6.07 Å². The van der Waals surface area contributed by atoms with Gasteiger partial charge in [-0.05, 0) is 59.0 Å². The van der Waals surface area contributed by atoms with Crippen molar-refractivity contribution in [1.82, 2.24) is 0 Å². The first-order valence-corrected chi connectivity index (χ1v) is 6.64. The maximum Gasteiger partial charge on any atom is 0.255 e. The minimum Gasteiger partial charge on any atom is -0.322 e. The van der Waals surface area contributed by atoms with Crippen LogP contribution in [0.4, 0.5) is 10.1 Å². The minimum absolute atomic E-state index is 0.158. The molecule has 0 atom stereocenters. The molecule has 1 N–H and O–H groups in total. The quantitative estimate of drug-likeness (QED) is 0.606. The Kier molecular flexibility index (Phi) is 4.23. The lowest BCUT2D eigenvalue weighted by Crippen LogP contribution is -2.12. The molecule has 0 fully saturated rings. The van der Waals surface area contributed by atoms with Gasteiger partial charge in [0.2, 0.25) is 0 Å². The van der Waals surface area contributed by atoms with E-state index < -0.39 is 5.82 Å². The highest BCUT2D eigenvalue weighted by Crippen LogP contribution is 2.17. The summed E-state index contributed by atoms with van der Waals surface area (Å²) in [6, 6.07) is 11.5. The van der Waals surface area contributed by atoms with Crippen molar-refractivity contribution in [3.63, 3.8) is 0 Å². The largest absolute Gasteiger partial charge is 0.322 e. The Morgan fingerprint density at radius 3 is 2.67 bits per heavy atom. The van der Waals surface area contributed by atoms with Crippen molar-refractivity contribution in [2.45, 2.75) is 4.90 Å². The number of benzene rings is 2. The first kappa shape index (κ1) is 13.4. The van der Waals surface area contributed by atoms with Crippen LogP contribution in [0.2, 0.25) is 0 Å². The number of anilines is 1. The molecule has 1 amide bonds. The molecule has 2 rings (SSSR count). The topological polar surface area (TPSA) is 29.1 Å². The summed E-state index contributed by atoms with van der Waals surface area (Å²) in [4.78, 5) is 12.1. The van der Waals surface area contributed by atoms with Crippen LogP contribution in [-0.4, -0.2) is 5.91 Å². The van der Waals surface area contributed by atoms with Gasteiger partial charge in [0, 0.05) is 19.7 Å². The zero-order chi connectivity index (χ0) is 13.1. The fourth-order valence-electron chi connectivity index (χ4n) is 1.42. The molecule has 0 saturated carbocycles. The van der Waals surface area contributed by atoms with Gasteiger partial charge in [0.1, 0.15) is 5.82 Å². The monoisotopic (exact) mass is 373 g/mol. The highest BCUT2D eigenvalue weighted by atomic mass is 127. The zero-order valence-electron chi connectivity index (χ0n) is 9.15. The fourth-order valence-corrected chi connectivity index (χ4v) is 2.18. The van der Waals surface area contributed by atoms with Crippen molar-refractivity contribution in [1.29, 1.82) is 0 Å². The number of hydrogen-bond donors (Lipinski definition) is 2. The molecule has 0 heterocycles. The first-order chi connectivity index (χ1) is 8.56. The second-order valence-electron chi connectivity index (χ2n) is 3.63. The van der Waals surface area contributed by atoms with Crippen LogP contribution < -0.4 is 5.32 Å². The lowest BCUT2D eigenvalue weighted by molar-refractivity contribution is 0.102. The first-order valence-electron chi connectivity index (χ1n) is 5.12. The molecular weight excluding hydrogens is 364 g/mol. The Balaban J connectivity index is 2.19. The lowest BCUT2D eigenvalue weighted by Gasteiger charge is -2.06. The summed E-state index contributed by atoms with van der Waals surface area (Å²) in [6.45, 7) is 0. The van der Waals surface area contributed by atoms with Crippen molar-refractivity contribution in [2.24, 2.45) is 0 Å². The summed E-state index contributed by atoms with van der Waals surface area (Å²) in [5.74, 6) is -0.726. The summed E-state index contributed by atoms with van der Waals surface area (Å²) in [7, 11) is 0. The van der Waals surface area contributed by atoms with Crippen molar-refractivity contribution in [3.8, 4) is 0 Å². The molecule has 0 bridgehead atoms. The molecule has 2 nitrogen and oxygen atoms in total. The number of rotatable bonds is 2. The van der Waals surface area contributed by atoms with Crippen LogP contribution in [-0.2, 0) is 0 Å². The molecule has 92 valence electrons. The second kappa shape index (κ2) is 5.71. The predicted octanol–water partition coefficient (Wildman–Crippen LogP) is 3.97. The van der Waals surface area contributed by atoms with Crippen LogP contribution in [0.15, 0.2) is 47.4 Å². The molecule has 18 heavy (non-hydrogen) atoms. The molecule has 0 unspecified atom stereocenters. The van der Waals surface area contributed by atoms with E-state index in [0.717, 1.165) is 3.57 Å². The van der Waals surface area contributed by atoms with Gasteiger partial charge in [-0.25, -0.2) is 4.39 Å². The van der Waals surface area contributed by atoms with Crippen molar-refractivity contribution in [3.05, 3.63) is 57.4 Å². The molecule has 0 aliphatic heterocycles. The fraction of sp³-hybridized carbons (Fsp3) is 0. The third-order valence-corrected chi connectivity index (χ3v) is 3.30. The normalized spacial score (nSPS) is 10.2. The molecule has 0 radical (unpaired) electrons. The average Bonchev–Trinajstić information content (AvgIpc) is 2.32. The Morgan fingerprint density at radius 1 is 1.22 bits per heavy atom. The number of carbonyl (C=O) groups excluding carboxylic acids is 1. The van der Waals surface area contributed by atoms with Gasteiger partial charge >= 0.3 is 0 Å². The molecule has 0 spiro atoms. The van der Waals surface area contributed by atoms with E-state index in [1.54, 1.807) is 6.07 Å². The van der Waals surface area contributed by atoms with Gasteiger partial charge in [-0.15, -0.1) is 12.6 Å². The Labute approximate surface area is 123 Å². The van der Waals surface area contributed by atoms with Gasteiger partial charge in [-0.2, -0.15) is 0 Å². The number of nitrogens with one attached hydrogen (secondary N) is 1. The summed E-state index contributed by atoms with van der Waals surface area (Å²) in [5.41, 5.74) is 1.08. The third kappa shape index (κ3) is 3.23. The Bertz CT molecular complexity index is 603. The molecule has 5 heteroatoms. The summed E-state index contributed by atoms with van der Waals surface area (Å²) < 4.78 is 14.1.